The molecular weight excluding hydrogens is 318 g/mol. The summed E-state index contributed by atoms with van der Waals surface area (Å²) >= 11 is 1.48. The Balaban J connectivity index is 1.43. The van der Waals surface area contributed by atoms with Crippen LogP contribution in [0.1, 0.15) is 41.7 Å². The van der Waals surface area contributed by atoms with E-state index in [-0.39, 0.29) is 5.91 Å². The van der Waals surface area contributed by atoms with Gasteiger partial charge in [0.2, 0.25) is 0 Å². The lowest BCUT2D eigenvalue weighted by Crippen LogP contribution is -2.23. The summed E-state index contributed by atoms with van der Waals surface area (Å²) in [6.07, 6.45) is 4.18. The maximum atomic E-state index is 11.8. The molecule has 0 aliphatic rings. The predicted octanol–water partition coefficient (Wildman–Crippen LogP) is 4.26. The maximum absolute atomic E-state index is 11.8. The minimum atomic E-state index is 0.0396. The Kier molecular flexibility index (Phi) is 5.64. The zero-order chi connectivity index (χ0) is 16.8. The van der Waals surface area contributed by atoms with Gasteiger partial charge in [-0.1, -0.05) is 24.6 Å². The normalized spacial score (nSPS) is 11.0. The molecule has 0 fully saturated rings. The fourth-order valence-electron chi connectivity index (χ4n) is 2.95. The molecule has 0 aliphatic carbocycles. The highest BCUT2D eigenvalue weighted by Gasteiger charge is 2.08. The van der Waals surface area contributed by atoms with Crippen molar-refractivity contribution in [2.24, 2.45) is 0 Å². The van der Waals surface area contributed by atoms with Gasteiger partial charge in [-0.3, -0.25) is 4.79 Å². The molecule has 0 atom stereocenters. The second-order valence-corrected chi connectivity index (χ2v) is 6.75. The van der Waals surface area contributed by atoms with Crippen LogP contribution in [0, 0.1) is 0 Å². The molecule has 0 aliphatic heterocycles. The van der Waals surface area contributed by atoms with Crippen LogP contribution in [0.2, 0.25) is 0 Å². The zero-order valence-electron chi connectivity index (χ0n) is 14.0. The van der Waals surface area contributed by atoms with Crippen molar-refractivity contribution in [3.63, 3.8) is 0 Å². The van der Waals surface area contributed by atoms with Crippen LogP contribution in [0.4, 0.5) is 0 Å². The number of fused-ring (bicyclic) bond motifs is 1. The lowest BCUT2D eigenvalue weighted by molar-refractivity contribution is 0.0957. The monoisotopic (exact) mass is 341 g/mol. The number of rotatable bonds is 8. The van der Waals surface area contributed by atoms with E-state index in [1.807, 2.05) is 23.6 Å². The molecule has 0 saturated heterocycles. The fraction of sp³-hybridized carbons (Fsp3) is 0.368. The van der Waals surface area contributed by atoms with Crippen LogP contribution >= 0.6 is 11.3 Å². The van der Waals surface area contributed by atoms with E-state index in [2.05, 4.69) is 35.0 Å². The number of aromatic nitrogens is 2. The number of hydrogen-bond donors (Lipinski definition) is 1. The minimum absolute atomic E-state index is 0.0396. The van der Waals surface area contributed by atoms with Gasteiger partial charge in [-0.2, -0.15) is 0 Å². The van der Waals surface area contributed by atoms with Gasteiger partial charge < -0.3 is 9.88 Å². The first-order valence-electron chi connectivity index (χ1n) is 8.55. The number of carbonyl (C=O) groups excluding carboxylic acids is 1. The van der Waals surface area contributed by atoms with Crippen molar-refractivity contribution in [2.75, 3.05) is 6.54 Å². The second kappa shape index (κ2) is 8.11. The van der Waals surface area contributed by atoms with Crippen LogP contribution < -0.4 is 5.32 Å². The van der Waals surface area contributed by atoms with Gasteiger partial charge in [-0.05, 0) is 43.3 Å². The van der Waals surface area contributed by atoms with Crippen molar-refractivity contribution >= 4 is 28.3 Å². The molecular formula is C19H23N3OS. The minimum Gasteiger partial charge on any atom is -0.351 e. The number of aryl methyl sites for hydroxylation is 2. The predicted molar refractivity (Wildman–Crippen MR) is 99.6 cm³/mol. The van der Waals surface area contributed by atoms with Crippen LogP contribution in [-0.4, -0.2) is 22.0 Å². The Bertz CT molecular complexity index is 792. The van der Waals surface area contributed by atoms with E-state index in [1.54, 1.807) is 0 Å². The van der Waals surface area contributed by atoms with Crippen molar-refractivity contribution in [3.05, 3.63) is 52.5 Å². The molecule has 3 rings (SSSR count). The Morgan fingerprint density at radius 3 is 2.83 bits per heavy atom. The number of carbonyl (C=O) groups is 1. The third-order valence-electron chi connectivity index (χ3n) is 4.16. The van der Waals surface area contributed by atoms with Gasteiger partial charge in [-0.25, -0.2) is 4.98 Å². The molecule has 5 heteroatoms. The number of unbranched alkanes of at least 4 members (excludes halogenated alkanes) is 2. The number of benzene rings is 1. The summed E-state index contributed by atoms with van der Waals surface area (Å²) in [6.45, 7) is 3.85. The molecule has 0 bridgehead atoms. The van der Waals surface area contributed by atoms with Gasteiger partial charge in [0.25, 0.3) is 5.91 Å². The molecule has 3 aromatic rings. The summed E-state index contributed by atoms with van der Waals surface area (Å²) in [4.78, 5) is 17.4. The third-order valence-corrected chi connectivity index (χ3v) is 5.03. The first-order chi connectivity index (χ1) is 11.8. The Morgan fingerprint density at radius 2 is 2.04 bits per heavy atom. The van der Waals surface area contributed by atoms with Gasteiger partial charge in [0.15, 0.2) is 0 Å². The molecule has 0 spiro atoms. The number of amides is 1. The molecule has 126 valence electrons. The molecule has 1 aromatic carbocycles. The lowest BCUT2D eigenvalue weighted by Gasteiger charge is -2.06. The lowest BCUT2D eigenvalue weighted by atomic mass is 10.2. The third kappa shape index (κ3) is 3.85. The molecule has 0 unspecified atom stereocenters. The van der Waals surface area contributed by atoms with Crippen molar-refractivity contribution in [3.8, 4) is 0 Å². The maximum Gasteiger partial charge on any atom is 0.261 e. The van der Waals surface area contributed by atoms with Gasteiger partial charge in [0.1, 0.15) is 5.82 Å². The molecule has 4 nitrogen and oxygen atoms in total. The smallest absolute Gasteiger partial charge is 0.261 e. The van der Waals surface area contributed by atoms with E-state index in [9.17, 15) is 4.79 Å². The quantitative estimate of drug-likeness (QED) is 0.622. The van der Waals surface area contributed by atoms with Crippen molar-refractivity contribution in [1.29, 1.82) is 0 Å². The van der Waals surface area contributed by atoms with Gasteiger partial charge in [0.05, 0.1) is 15.9 Å². The molecule has 1 N–H and O–H groups in total. The van der Waals surface area contributed by atoms with Gasteiger partial charge in [-0.15, -0.1) is 11.3 Å². The zero-order valence-corrected chi connectivity index (χ0v) is 14.8. The topological polar surface area (TPSA) is 46.9 Å². The average Bonchev–Trinajstić information content (AvgIpc) is 3.24. The van der Waals surface area contributed by atoms with Crippen LogP contribution in [-0.2, 0) is 13.0 Å². The second-order valence-electron chi connectivity index (χ2n) is 5.80. The van der Waals surface area contributed by atoms with Crippen LogP contribution in [0.5, 0.6) is 0 Å². The molecule has 2 aromatic heterocycles. The summed E-state index contributed by atoms with van der Waals surface area (Å²) in [5, 5.41) is 4.90. The Labute approximate surface area is 146 Å². The fourth-order valence-corrected chi connectivity index (χ4v) is 3.59. The van der Waals surface area contributed by atoms with E-state index in [1.165, 1.54) is 22.7 Å². The summed E-state index contributed by atoms with van der Waals surface area (Å²) in [5.74, 6) is 1.21. The summed E-state index contributed by atoms with van der Waals surface area (Å²) in [5.41, 5.74) is 2.30. The largest absolute Gasteiger partial charge is 0.351 e. The van der Waals surface area contributed by atoms with E-state index in [0.717, 1.165) is 49.2 Å². The number of para-hydroxylation sites is 2. The highest BCUT2D eigenvalue weighted by Crippen LogP contribution is 2.17. The Morgan fingerprint density at radius 1 is 1.17 bits per heavy atom. The number of nitrogens with zero attached hydrogens (tertiary/aromatic N) is 2. The van der Waals surface area contributed by atoms with E-state index >= 15 is 0 Å². The molecule has 1 amide bonds. The number of imidazole rings is 1. The van der Waals surface area contributed by atoms with E-state index < -0.39 is 0 Å². The Hall–Kier alpha value is -2.14. The average molecular weight is 341 g/mol. The first kappa shape index (κ1) is 16.7. The number of hydrogen-bond acceptors (Lipinski definition) is 3. The van der Waals surface area contributed by atoms with E-state index in [4.69, 9.17) is 4.98 Å². The SMILES string of the molecule is CCn1c(CCCCCNC(=O)c2cccs2)nc2ccccc21. The van der Waals surface area contributed by atoms with Crippen molar-refractivity contribution in [1.82, 2.24) is 14.9 Å². The highest BCUT2D eigenvalue weighted by atomic mass is 32.1. The molecule has 0 saturated carbocycles. The van der Waals surface area contributed by atoms with E-state index in [0.29, 0.717) is 0 Å². The molecule has 0 radical (unpaired) electrons. The molecule has 24 heavy (non-hydrogen) atoms. The molecule has 2 heterocycles. The summed E-state index contributed by atoms with van der Waals surface area (Å²) in [6, 6.07) is 12.1. The van der Waals surface area contributed by atoms with Crippen LogP contribution in [0.25, 0.3) is 11.0 Å². The summed E-state index contributed by atoms with van der Waals surface area (Å²) < 4.78 is 2.30. The van der Waals surface area contributed by atoms with Crippen LogP contribution in [0.3, 0.4) is 0 Å². The first-order valence-corrected chi connectivity index (χ1v) is 9.43. The van der Waals surface area contributed by atoms with Crippen LogP contribution in [0.15, 0.2) is 41.8 Å². The standard InChI is InChI=1S/C19H23N3OS/c1-2-22-16-10-6-5-9-15(16)21-18(22)12-4-3-7-13-20-19(23)17-11-8-14-24-17/h5-6,8-11,14H,2-4,7,12-13H2,1H3,(H,20,23). The van der Waals surface area contributed by atoms with Crippen molar-refractivity contribution < 1.29 is 4.79 Å². The summed E-state index contributed by atoms with van der Waals surface area (Å²) in [7, 11) is 0. The highest BCUT2D eigenvalue weighted by molar-refractivity contribution is 7.12. The van der Waals surface area contributed by atoms with Gasteiger partial charge in [0, 0.05) is 19.5 Å². The number of thiophene rings is 1. The van der Waals surface area contributed by atoms with Gasteiger partial charge >= 0.3 is 0 Å². The van der Waals surface area contributed by atoms with Crippen molar-refractivity contribution in [2.45, 2.75) is 39.2 Å². The number of nitrogens with one attached hydrogen (secondary N) is 1.